The maximum Gasteiger partial charge on any atom is 0.273 e. The van der Waals surface area contributed by atoms with Gasteiger partial charge in [-0.15, -0.1) is 11.3 Å². The van der Waals surface area contributed by atoms with E-state index >= 15 is 0 Å². The van der Waals surface area contributed by atoms with Gasteiger partial charge in [0.1, 0.15) is 10.7 Å². The summed E-state index contributed by atoms with van der Waals surface area (Å²) in [6.45, 7) is 1.46. The number of nitrogens with zero attached hydrogens (tertiary/aromatic N) is 2. The van der Waals surface area contributed by atoms with Crippen molar-refractivity contribution in [3.8, 4) is 0 Å². The van der Waals surface area contributed by atoms with Crippen LogP contribution in [0, 0.1) is 5.92 Å². The van der Waals surface area contributed by atoms with E-state index in [0.29, 0.717) is 38.2 Å². The molecule has 7 heteroatoms. The SMILES string of the molecule is NCc1nc(C(=O)N2CCC(C(N)=O)CC2)cs1. The van der Waals surface area contributed by atoms with Gasteiger partial charge in [-0.3, -0.25) is 9.59 Å². The molecule has 0 aliphatic carbocycles. The van der Waals surface area contributed by atoms with Gasteiger partial charge in [-0.2, -0.15) is 0 Å². The normalized spacial score (nSPS) is 16.8. The number of carbonyl (C=O) groups is 2. The molecule has 6 nitrogen and oxygen atoms in total. The molecule has 0 aromatic carbocycles. The highest BCUT2D eigenvalue weighted by Gasteiger charge is 2.27. The van der Waals surface area contributed by atoms with Crippen molar-refractivity contribution in [2.24, 2.45) is 17.4 Å². The summed E-state index contributed by atoms with van der Waals surface area (Å²) in [5.74, 6) is -0.473. The summed E-state index contributed by atoms with van der Waals surface area (Å²) in [5.41, 5.74) is 11.2. The number of likely N-dealkylation sites (tertiary alicyclic amines) is 1. The highest BCUT2D eigenvalue weighted by molar-refractivity contribution is 7.09. The van der Waals surface area contributed by atoms with Crippen molar-refractivity contribution in [2.45, 2.75) is 19.4 Å². The summed E-state index contributed by atoms with van der Waals surface area (Å²) in [6, 6.07) is 0. The Morgan fingerprint density at radius 3 is 2.61 bits per heavy atom. The van der Waals surface area contributed by atoms with E-state index in [0.717, 1.165) is 5.01 Å². The molecule has 0 spiro atoms. The average Bonchev–Trinajstić information content (AvgIpc) is 2.86. The Kier molecular flexibility index (Phi) is 3.93. The minimum Gasteiger partial charge on any atom is -0.369 e. The first-order chi connectivity index (χ1) is 8.61. The van der Waals surface area contributed by atoms with E-state index in [1.165, 1.54) is 11.3 Å². The fraction of sp³-hybridized carbons (Fsp3) is 0.545. The topological polar surface area (TPSA) is 102 Å². The lowest BCUT2D eigenvalue weighted by atomic mass is 9.96. The zero-order valence-electron chi connectivity index (χ0n) is 9.96. The Balaban J connectivity index is 1.97. The van der Waals surface area contributed by atoms with Gasteiger partial charge in [0, 0.05) is 30.9 Å². The summed E-state index contributed by atoms with van der Waals surface area (Å²) in [5, 5.41) is 2.48. The van der Waals surface area contributed by atoms with E-state index in [4.69, 9.17) is 11.5 Å². The van der Waals surface area contributed by atoms with Gasteiger partial charge >= 0.3 is 0 Å². The van der Waals surface area contributed by atoms with Gasteiger partial charge in [0.05, 0.1) is 0 Å². The molecular formula is C11H16N4O2S. The molecule has 4 N–H and O–H groups in total. The number of amides is 2. The highest BCUT2D eigenvalue weighted by atomic mass is 32.1. The summed E-state index contributed by atoms with van der Waals surface area (Å²) in [6.07, 6.45) is 1.27. The Labute approximate surface area is 109 Å². The number of piperidine rings is 1. The molecule has 0 saturated carbocycles. The zero-order chi connectivity index (χ0) is 13.1. The lowest BCUT2D eigenvalue weighted by molar-refractivity contribution is -0.123. The molecule has 0 atom stereocenters. The molecule has 1 saturated heterocycles. The Hall–Kier alpha value is -1.47. The van der Waals surface area contributed by atoms with E-state index in [9.17, 15) is 9.59 Å². The van der Waals surface area contributed by atoms with Crippen LogP contribution in [0.3, 0.4) is 0 Å². The van der Waals surface area contributed by atoms with Crippen LogP contribution < -0.4 is 11.5 Å². The quantitative estimate of drug-likeness (QED) is 0.801. The molecule has 0 radical (unpaired) electrons. The first kappa shape index (κ1) is 13.0. The number of rotatable bonds is 3. The molecule has 1 fully saturated rings. The second-order valence-corrected chi connectivity index (χ2v) is 5.24. The van der Waals surface area contributed by atoms with Gasteiger partial charge in [-0.1, -0.05) is 0 Å². The highest BCUT2D eigenvalue weighted by Crippen LogP contribution is 2.19. The summed E-state index contributed by atoms with van der Waals surface area (Å²) >= 11 is 1.39. The first-order valence-corrected chi connectivity index (χ1v) is 6.73. The van der Waals surface area contributed by atoms with Crippen molar-refractivity contribution < 1.29 is 9.59 Å². The molecule has 98 valence electrons. The average molecular weight is 268 g/mol. The van der Waals surface area contributed by atoms with E-state index in [1.807, 2.05) is 0 Å². The van der Waals surface area contributed by atoms with Crippen molar-refractivity contribution in [3.63, 3.8) is 0 Å². The van der Waals surface area contributed by atoms with Crippen LogP contribution in [0.2, 0.25) is 0 Å². The summed E-state index contributed by atoms with van der Waals surface area (Å²) in [4.78, 5) is 29.0. The predicted molar refractivity (Wildman–Crippen MR) is 67.8 cm³/mol. The number of aromatic nitrogens is 1. The molecule has 1 aliphatic heterocycles. The Morgan fingerprint density at radius 2 is 2.11 bits per heavy atom. The molecule has 2 heterocycles. The van der Waals surface area contributed by atoms with Gasteiger partial charge in [-0.25, -0.2) is 4.98 Å². The molecule has 1 aromatic rings. The maximum absolute atomic E-state index is 12.1. The number of thiazole rings is 1. The van der Waals surface area contributed by atoms with Gasteiger partial charge < -0.3 is 16.4 Å². The second kappa shape index (κ2) is 5.45. The van der Waals surface area contributed by atoms with Crippen LogP contribution in [-0.4, -0.2) is 34.8 Å². The summed E-state index contributed by atoms with van der Waals surface area (Å²) in [7, 11) is 0. The third kappa shape index (κ3) is 2.68. The van der Waals surface area contributed by atoms with Crippen molar-refractivity contribution in [1.29, 1.82) is 0 Å². The van der Waals surface area contributed by atoms with Crippen LogP contribution in [0.1, 0.15) is 28.3 Å². The van der Waals surface area contributed by atoms with Gasteiger partial charge in [0.25, 0.3) is 5.91 Å². The van der Waals surface area contributed by atoms with E-state index in [2.05, 4.69) is 4.98 Å². The van der Waals surface area contributed by atoms with E-state index in [-0.39, 0.29) is 17.7 Å². The van der Waals surface area contributed by atoms with Crippen LogP contribution >= 0.6 is 11.3 Å². The lowest BCUT2D eigenvalue weighted by Crippen LogP contribution is -2.41. The third-order valence-corrected chi connectivity index (χ3v) is 4.00. The number of hydrogen-bond donors (Lipinski definition) is 2. The Bertz CT molecular complexity index is 452. The first-order valence-electron chi connectivity index (χ1n) is 5.85. The smallest absolute Gasteiger partial charge is 0.273 e. The monoisotopic (exact) mass is 268 g/mol. The lowest BCUT2D eigenvalue weighted by Gasteiger charge is -2.30. The number of carbonyl (C=O) groups excluding carboxylic acids is 2. The molecule has 2 rings (SSSR count). The van der Waals surface area contributed by atoms with Gasteiger partial charge in [0.2, 0.25) is 5.91 Å². The fourth-order valence-corrected chi connectivity index (χ4v) is 2.68. The van der Waals surface area contributed by atoms with Crippen LogP contribution in [0.5, 0.6) is 0 Å². The predicted octanol–water partition coefficient (Wildman–Crippen LogP) is -0.0607. The van der Waals surface area contributed by atoms with E-state index < -0.39 is 0 Å². The van der Waals surface area contributed by atoms with Crippen molar-refractivity contribution >= 4 is 23.2 Å². The van der Waals surface area contributed by atoms with Crippen LogP contribution in [0.4, 0.5) is 0 Å². The molecule has 0 bridgehead atoms. The van der Waals surface area contributed by atoms with Crippen LogP contribution in [-0.2, 0) is 11.3 Å². The molecule has 1 aliphatic rings. The third-order valence-electron chi connectivity index (χ3n) is 3.13. The van der Waals surface area contributed by atoms with E-state index in [1.54, 1.807) is 10.3 Å². The second-order valence-electron chi connectivity index (χ2n) is 4.30. The molecule has 1 aromatic heterocycles. The summed E-state index contributed by atoms with van der Waals surface area (Å²) < 4.78 is 0. The molecular weight excluding hydrogens is 252 g/mol. The zero-order valence-corrected chi connectivity index (χ0v) is 10.8. The van der Waals surface area contributed by atoms with Crippen molar-refractivity contribution in [2.75, 3.05) is 13.1 Å². The molecule has 2 amide bonds. The van der Waals surface area contributed by atoms with Crippen LogP contribution in [0.25, 0.3) is 0 Å². The maximum atomic E-state index is 12.1. The van der Waals surface area contributed by atoms with Crippen molar-refractivity contribution in [3.05, 3.63) is 16.1 Å². The number of primary amides is 1. The minimum absolute atomic E-state index is 0.0890. The molecule has 18 heavy (non-hydrogen) atoms. The van der Waals surface area contributed by atoms with Crippen molar-refractivity contribution in [1.82, 2.24) is 9.88 Å². The fourth-order valence-electron chi connectivity index (χ4n) is 2.03. The molecule has 0 unspecified atom stereocenters. The largest absolute Gasteiger partial charge is 0.369 e. The number of hydrogen-bond acceptors (Lipinski definition) is 5. The van der Waals surface area contributed by atoms with Gasteiger partial charge in [0.15, 0.2) is 0 Å². The van der Waals surface area contributed by atoms with Gasteiger partial charge in [-0.05, 0) is 12.8 Å². The Morgan fingerprint density at radius 1 is 1.44 bits per heavy atom. The number of nitrogens with two attached hydrogens (primary N) is 2. The standard InChI is InChI=1S/C11H16N4O2S/c12-5-9-14-8(6-18-9)11(17)15-3-1-7(2-4-15)10(13)16/h6-7H,1-5,12H2,(H2,13,16). The minimum atomic E-state index is -0.277. The van der Waals surface area contributed by atoms with Crippen LogP contribution in [0.15, 0.2) is 5.38 Å².